The van der Waals surface area contributed by atoms with Gasteiger partial charge in [-0.3, -0.25) is 0 Å². The molecule has 1 heterocycles. The predicted octanol–water partition coefficient (Wildman–Crippen LogP) is 3.27. The van der Waals surface area contributed by atoms with Crippen LogP contribution < -0.4 is 4.90 Å². The zero-order valence-electron chi connectivity index (χ0n) is 11.5. The Labute approximate surface area is 114 Å². The van der Waals surface area contributed by atoms with Crippen LogP contribution in [0.2, 0.25) is 0 Å². The van der Waals surface area contributed by atoms with Crippen LogP contribution in [-0.4, -0.2) is 24.2 Å². The van der Waals surface area contributed by atoms with E-state index in [-0.39, 0.29) is 0 Å². The van der Waals surface area contributed by atoms with Crippen molar-refractivity contribution in [3.05, 3.63) is 35.9 Å². The van der Waals surface area contributed by atoms with Gasteiger partial charge in [0.1, 0.15) is 0 Å². The summed E-state index contributed by atoms with van der Waals surface area (Å²) < 4.78 is 0. The van der Waals surface area contributed by atoms with Crippen LogP contribution in [-0.2, 0) is 4.79 Å². The van der Waals surface area contributed by atoms with E-state index in [1.54, 1.807) is 6.08 Å². The molecule has 102 valence electrons. The molecule has 3 heteroatoms. The van der Waals surface area contributed by atoms with Crippen LogP contribution in [0.4, 0.5) is 5.69 Å². The fourth-order valence-corrected chi connectivity index (χ4v) is 2.53. The van der Waals surface area contributed by atoms with E-state index in [1.165, 1.54) is 18.2 Å². The molecule has 1 fully saturated rings. The second-order valence-electron chi connectivity index (χ2n) is 5.50. The number of carbonyl (C=O) groups is 1. The largest absolute Gasteiger partial charge is 0.478 e. The lowest BCUT2D eigenvalue weighted by molar-refractivity contribution is -0.131. The van der Waals surface area contributed by atoms with Gasteiger partial charge in [0.2, 0.25) is 0 Å². The van der Waals surface area contributed by atoms with Crippen molar-refractivity contribution in [1.82, 2.24) is 0 Å². The van der Waals surface area contributed by atoms with Crippen molar-refractivity contribution in [2.75, 3.05) is 18.0 Å². The summed E-state index contributed by atoms with van der Waals surface area (Å²) in [6.45, 7) is 6.82. The van der Waals surface area contributed by atoms with Gasteiger partial charge >= 0.3 is 5.97 Å². The molecule has 1 unspecified atom stereocenters. The van der Waals surface area contributed by atoms with Gasteiger partial charge in [0.15, 0.2) is 0 Å². The molecule has 0 aromatic heterocycles. The van der Waals surface area contributed by atoms with Crippen molar-refractivity contribution < 1.29 is 9.90 Å². The van der Waals surface area contributed by atoms with E-state index in [9.17, 15) is 4.79 Å². The van der Waals surface area contributed by atoms with Gasteiger partial charge in [0.25, 0.3) is 0 Å². The van der Waals surface area contributed by atoms with E-state index in [0.29, 0.717) is 0 Å². The van der Waals surface area contributed by atoms with Crippen molar-refractivity contribution in [3.63, 3.8) is 0 Å². The van der Waals surface area contributed by atoms with Crippen LogP contribution in [0.15, 0.2) is 30.3 Å². The van der Waals surface area contributed by atoms with Crippen LogP contribution in [0.25, 0.3) is 6.08 Å². The van der Waals surface area contributed by atoms with Gasteiger partial charge < -0.3 is 10.0 Å². The highest BCUT2D eigenvalue weighted by Crippen LogP contribution is 2.28. The second kappa shape index (κ2) is 5.91. The molecule has 0 radical (unpaired) electrons. The number of carboxylic acids is 1. The smallest absolute Gasteiger partial charge is 0.328 e. The summed E-state index contributed by atoms with van der Waals surface area (Å²) in [7, 11) is 0. The normalized spacial score (nSPS) is 19.5. The fraction of sp³-hybridized carbons (Fsp3) is 0.438. The Balaban J connectivity index is 2.01. The van der Waals surface area contributed by atoms with Gasteiger partial charge in [-0.05, 0) is 42.0 Å². The molecule has 0 aliphatic carbocycles. The summed E-state index contributed by atoms with van der Waals surface area (Å²) in [6.07, 6.45) is 4.05. The Morgan fingerprint density at radius 1 is 1.37 bits per heavy atom. The highest BCUT2D eigenvalue weighted by Gasteiger charge is 2.24. The molecule has 3 nitrogen and oxygen atoms in total. The van der Waals surface area contributed by atoms with E-state index in [2.05, 4.69) is 30.9 Å². The standard InChI is InChI=1S/C16H21NO2/c1-12(2)14-9-10-17(11-14)15-6-3-13(4-7-15)5-8-16(18)19/h3-8,12,14H,9-11H2,1-2H3,(H,18,19)/b8-5+. The van der Waals surface area contributed by atoms with Crippen LogP contribution in [0.1, 0.15) is 25.8 Å². The zero-order chi connectivity index (χ0) is 13.8. The fourth-order valence-electron chi connectivity index (χ4n) is 2.53. The number of anilines is 1. The van der Waals surface area contributed by atoms with Crippen molar-refractivity contribution in [3.8, 4) is 0 Å². The molecule has 19 heavy (non-hydrogen) atoms. The quantitative estimate of drug-likeness (QED) is 0.844. The first-order valence-electron chi connectivity index (χ1n) is 6.82. The lowest BCUT2D eigenvalue weighted by Crippen LogP contribution is -2.20. The number of rotatable bonds is 4. The molecule has 1 aromatic rings. The number of carboxylic acid groups (broad SMARTS) is 1. The summed E-state index contributed by atoms with van der Waals surface area (Å²) in [5.74, 6) is 0.609. The topological polar surface area (TPSA) is 40.5 Å². The molecule has 1 aliphatic heterocycles. The molecular formula is C16H21NO2. The maximum absolute atomic E-state index is 10.5. The Morgan fingerprint density at radius 2 is 2.05 bits per heavy atom. The van der Waals surface area contributed by atoms with Gasteiger partial charge in [-0.1, -0.05) is 26.0 Å². The summed E-state index contributed by atoms with van der Waals surface area (Å²) in [4.78, 5) is 12.9. The Morgan fingerprint density at radius 3 is 2.58 bits per heavy atom. The Bertz CT molecular complexity index is 462. The summed E-state index contributed by atoms with van der Waals surface area (Å²) in [5, 5.41) is 8.59. The second-order valence-corrected chi connectivity index (χ2v) is 5.50. The lowest BCUT2D eigenvalue weighted by atomic mass is 9.95. The molecule has 2 rings (SSSR count). The van der Waals surface area contributed by atoms with E-state index in [4.69, 9.17) is 5.11 Å². The Kier molecular flexibility index (Phi) is 4.25. The molecule has 0 bridgehead atoms. The molecule has 1 N–H and O–H groups in total. The first-order valence-corrected chi connectivity index (χ1v) is 6.82. The van der Waals surface area contributed by atoms with E-state index < -0.39 is 5.97 Å². The average molecular weight is 259 g/mol. The summed E-state index contributed by atoms with van der Waals surface area (Å²) in [6, 6.07) is 8.09. The average Bonchev–Trinajstić information content (AvgIpc) is 2.86. The number of nitrogens with zero attached hydrogens (tertiary/aromatic N) is 1. The third-order valence-corrected chi connectivity index (χ3v) is 3.84. The molecule has 1 aliphatic rings. The third-order valence-electron chi connectivity index (χ3n) is 3.84. The number of aliphatic carboxylic acids is 1. The van der Waals surface area contributed by atoms with Crippen LogP contribution in [0.3, 0.4) is 0 Å². The third kappa shape index (κ3) is 3.60. The minimum absolute atomic E-state index is 0.739. The SMILES string of the molecule is CC(C)C1CCN(c2ccc(/C=C/C(=O)O)cc2)C1. The highest BCUT2D eigenvalue weighted by atomic mass is 16.4. The number of hydrogen-bond acceptors (Lipinski definition) is 2. The predicted molar refractivity (Wildman–Crippen MR) is 78.3 cm³/mol. The van der Waals surface area contributed by atoms with Gasteiger partial charge in [0.05, 0.1) is 0 Å². The minimum Gasteiger partial charge on any atom is -0.478 e. The summed E-state index contributed by atoms with van der Waals surface area (Å²) in [5.41, 5.74) is 2.15. The van der Waals surface area contributed by atoms with Crippen molar-refractivity contribution in [2.24, 2.45) is 11.8 Å². The zero-order valence-corrected chi connectivity index (χ0v) is 11.5. The van der Waals surface area contributed by atoms with Crippen molar-refractivity contribution in [2.45, 2.75) is 20.3 Å². The molecule has 1 saturated heterocycles. The number of benzene rings is 1. The van der Waals surface area contributed by atoms with Crippen molar-refractivity contribution >= 4 is 17.7 Å². The molecule has 1 atom stereocenters. The van der Waals surface area contributed by atoms with Gasteiger partial charge in [-0.25, -0.2) is 4.79 Å². The van der Waals surface area contributed by atoms with E-state index >= 15 is 0 Å². The molecular weight excluding hydrogens is 238 g/mol. The van der Waals surface area contributed by atoms with E-state index in [1.807, 2.05) is 12.1 Å². The lowest BCUT2D eigenvalue weighted by Gasteiger charge is -2.20. The maximum atomic E-state index is 10.5. The molecule has 0 spiro atoms. The minimum atomic E-state index is -0.914. The molecule has 1 aromatic carbocycles. The van der Waals surface area contributed by atoms with Gasteiger partial charge in [-0.2, -0.15) is 0 Å². The number of hydrogen-bond donors (Lipinski definition) is 1. The van der Waals surface area contributed by atoms with Crippen LogP contribution in [0, 0.1) is 11.8 Å². The Hall–Kier alpha value is -1.77. The van der Waals surface area contributed by atoms with Gasteiger partial charge in [-0.15, -0.1) is 0 Å². The monoisotopic (exact) mass is 259 g/mol. The van der Waals surface area contributed by atoms with E-state index in [0.717, 1.165) is 30.5 Å². The highest BCUT2D eigenvalue weighted by molar-refractivity contribution is 5.85. The van der Waals surface area contributed by atoms with Crippen molar-refractivity contribution in [1.29, 1.82) is 0 Å². The van der Waals surface area contributed by atoms with Gasteiger partial charge in [0, 0.05) is 24.9 Å². The van der Waals surface area contributed by atoms with Crippen LogP contribution >= 0.6 is 0 Å². The summed E-state index contributed by atoms with van der Waals surface area (Å²) >= 11 is 0. The first-order chi connectivity index (χ1) is 9.06. The maximum Gasteiger partial charge on any atom is 0.328 e. The first kappa shape index (κ1) is 13.7. The molecule has 0 saturated carbocycles. The molecule has 0 amide bonds. The van der Waals surface area contributed by atoms with Crippen LogP contribution in [0.5, 0.6) is 0 Å².